The molecule has 0 saturated carbocycles. The summed E-state index contributed by atoms with van der Waals surface area (Å²) in [5, 5.41) is 17.8. The summed E-state index contributed by atoms with van der Waals surface area (Å²) in [4.78, 5) is 0. The van der Waals surface area contributed by atoms with E-state index in [9.17, 15) is 5.11 Å². The van der Waals surface area contributed by atoms with Gasteiger partial charge in [-0.25, -0.2) is 4.68 Å². The van der Waals surface area contributed by atoms with Crippen LogP contribution in [0.15, 0.2) is 24.4 Å². The Bertz CT molecular complexity index is 534. The van der Waals surface area contributed by atoms with E-state index in [0.29, 0.717) is 12.1 Å². The van der Waals surface area contributed by atoms with Gasteiger partial charge in [-0.1, -0.05) is 25.1 Å². The summed E-state index contributed by atoms with van der Waals surface area (Å²) in [6.07, 6.45) is 2.90. The first kappa shape index (κ1) is 12.8. The molecule has 2 aromatic rings. The second-order valence-electron chi connectivity index (χ2n) is 4.48. The van der Waals surface area contributed by atoms with Crippen LogP contribution in [-0.4, -0.2) is 20.1 Å². The van der Waals surface area contributed by atoms with Crippen molar-refractivity contribution in [3.63, 3.8) is 0 Å². The first-order chi connectivity index (χ1) is 8.65. The molecule has 0 amide bonds. The molecule has 1 N–H and O–H groups in total. The van der Waals surface area contributed by atoms with Gasteiger partial charge in [0.15, 0.2) is 0 Å². The molecule has 1 heterocycles. The molecule has 0 radical (unpaired) electrons. The third-order valence-corrected chi connectivity index (χ3v) is 3.22. The van der Waals surface area contributed by atoms with E-state index < -0.39 is 6.10 Å². The number of aliphatic hydroxyl groups excluding tert-OH is 1. The van der Waals surface area contributed by atoms with Crippen molar-refractivity contribution < 1.29 is 5.11 Å². The number of hydrogen-bond acceptors (Lipinski definition) is 3. The quantitative estimate of drug-likeness (QED) is 0.900. The number of benzene rings is 1. The van der Waals surface area contributed by atoms with Gasteiger partial charge in [-0.2, -0.15) is 0 Å². The molecule has 2 rings (SSSR count). The average molecular weight is 245 g/mol. The first-order valence-electron chi connectivity index (χ1n) is 6.36. The molecule has 1 aromatic heterocycles. The Labute approximate surface area is 107 Å². The zero-order valence-electron chi connectivity index (χ0n) is 11.1. The number of rotatable bonds is 4. The Balaban J connectivity index is 2.34. The maximum atomic E-state index is 9.72. The van der Waals surface area contributed by atoms with Gasteiger partial charge in [-0.15, -0.1) is 5.10 Å². The monoisotopic (exact) mass is 245 g/mol. The minimum Gasteiger partial charge on any atom is -0.387 e. The summed E-state index contributed by atoms with van der Waals surface area (Å²) in [6, 6.07) is 6.23. The van der Waals surface area contributed by atoms with E-state index in [1.165, 1.54) is 11.1 Å². The normalized spacial score (nSPS) is 12.7. The van der Waals surface area contributed by atoms with Gasteiger partial charge in [0.2, 0.25) is 0 Å². The highest BCUT2D eigenvalue weighted by atomic mass is 16.3. The predicted octanol–water partition coefficient (Wildman–Crippen LogP) is 2.58. The van der Waals surface area contributed by atoms with Gasteiger partial charge in [0.1, 0.15) is 5.69 Å². The largest absolute Gasteiger partial charge is 0.387 e. The van der Waals surface area contributed by atoms with Crippen LogP contribution in [0.1, 0.15) is 43.2 Å². The molecule has 96 valence electrons. The van der Waals surface area contributed by atoms with Crippen molar-refractivity contribution in [3.05, 3.63) is 41.2 Å². The Morgan fingerprint density at radius 2 is 2.11 bits per heavy atom. The smallest absolute Gasteiger partial charge is 0.112 e. The summed E-state index contributed by atoms with van der Waals surface area (Å²) in [7, 11) is 0. The molecule has 0 aliphatic carbocycles. The molecule has 0 fully saturated rings. The van der Waals surface area contributed by atoms with Crippen molar-refractivity contribution in [2.45, 2.75) is 39.7 Å². The number of aryl methyl sites for hydroxylation is 2. The second kappa shape index (κ2) is 5.31. The standard InChI is InChI=1S/C14H19N3O/c1-4-11-8-12(7-6-10(11)3)17-9-13(15-16-17)14(18)5-2/h6-9,14,18H,4-5H2,1-3H3. The fourth-order valence-electron chi connectivity index (χ4n) is 1.95. The molecule has 1 unspecified atom stereocenters. The molecule has 18 heavy (non-hydrogen) atoms. The minimum absolute atomic E-state index is 0.533. The maximum Gasteiger partial charge on any atom is 0.112 e. The molecule has 0 aliphatic heterocycles. The van der Waals surface area contributed by atoms with Crippen molar-refractivity contribution in [2.24, 2.45) is 0 Å². The SMILES string of the molecule is CCc1cc(-n2cc(C(O)CC)nn2)ccc1C. The molecule has 4 heteroatoms. The fourth-order valence-corrected chi connectivity index (χ4v) is 1.95. The van der Waals surface area contributed by atoms with Crippen LogP contribution in [0.4, 0.5) is 0 Å². The zero-order valence-corrected chi connectivity index (χ0v) is 11.1. The van der Waals surface area contributed by atoms with E-state index in [-0.39, 0.29) is 0 Å². The van der Waals surface area contributed by atoms with E-state index in [1.54, 1.807) is 10.9 Å². The van der Waals surface area contributed by atoms with Crippen LogP contribution in [0.5, 0.6) is 0 Å². The highest BCUT2D eigenvalue weighted by molar-refractivity contribution is 5.39. The van der Waals surface area contributed by atoms with Crippen LogP contribution < -0.4 is 0 Å². The van der Waals surface area contributed by atoms with Crippen LogP contribution in [-0.2, 0) is 6.42 Å². The van der Waals surface area contributed by atoms with Gasteiger partial charge in [0.25, 0.3) is 0 Å². The van der Waals surface area contributed by atoms with Crippen LogP contribution in [0.2, 0.25) is 0 Å². The zero-order chi connectivity index (χ0) is 13.1. The van der Waals surface area contributed by atoms with E-state index in [1.807, 2.05) is 13.0 Å². The second-order valence-corrected chi connectivity index (χ2v) is 4.48. The summed E-state index contributed by atoms with van der Waals surface area (Å²) in [6.45, 7) is 6.17. The van der Waals surface area contributed by atoms with Crippen LogP contribution in [0.25, 0.3) is 5.69 Å². The molecular formula is C14H19N3O. The lowest BCUT2D eigenvalue weighted by molar-refractivity contribution is 0.169. The minimum atomic E-state index is -0.533. The van der Waals surface area contributed by atoms with Gasteiger partial charge in [-0.05, 0) is 43.0 Å². The lowest BCUT2D eigenvalue weighted by Crippen LogP contribution is -1.97. The van der Waals surface area contributed by atoms with Crippen molar-refractivity contribution in [2.75, 3.05) is 0 Å². The predicted molar refractivity (Wildman–Crippen MR) is 70.7 cm³/mol. The third-order valence-electron chi connectivity index (χ3n) is 3.22. The van der Waals surface area contributed by atoms with Crippen molar-refractivity contribution in [1.82, 2.24) is 15.0 Å². The molecule has 1 atom stereocenters. The molecule has 0 bridgehead atoms. The van der Waals surface area contributed by atoms with Gasteiger partial charge >= 0.3 is 0 Å². The highest BCUT2D eigenvalue weighted by Crippen LogP contribution is 2.17. The summed E-state index contributed by atoms with van der Waals surface area (Å²) >= 11 is 0. The van der Waals surface area contributed by atoms with Crippen LogP contribution >= 0.6 is 0 Å². The summed E-state index contributed by atoms with van der Waals surface area (Å²) < 4.78 is 1.72. The third kappa shape index (κ3) is 2.43. The Hall–Kier alpha value is -1.68. The molecule has 4 nitrogen and oxygen atoms in total. The number of aromatic nitrogens is 3. The van der Waals surface area contributed by atoms with E-state index in [0.717, 1.165) is 12.1 Å². The fraction of sp³-hybridized carbons (Fsp3) is 0.429. The summed E-state index contributed by atoms with van der Waals surface area (Å²) in [5.74, 6) is 0. The lowest BCUT2D eigenvalue weighted by atomic mass is 10.1. The molecule has 1 aromatic carbocycles. The van der Waals surface area contributed by atoms with Crippen molar-refractivity contribution in [1.29, 1.82) is 0 Å². The molecule has 0 spiro atoms. The maximum absolute atomic E-state index is 9.72. The number of nitrogens with zero attached hydrogens (tertiary/aromatic N) is 3. The topological polar surface area (TPSA) is 50.9 Å². The number of aliphatic hydroxyl groups is 1. The highest BCUT2D eigenvalue weighted by Gasteiger charge is 2.10. The Morgan fingerprint density at radius 1 is 1.33 bits per heavy atom. The first-order valence-corrected chi connectivity index (χ1v) is 6.36. The van der Waals surface area contributed by atoms with Gasteiger partial charge < -0.3 is 5.11 Å². The average Bonchev–Trinajstić information content (AvgIpc) is 2.88. The van der Waals surface area contributed by atoms with Crippen molar-refractivity contribution >= 4 is 0 Å². The van der Waals surface area contributed by atoms with Gasteiger partial charge in [0, 0.05) is 0 Å². The van der Waals surface area contributed by atoms with Crippen molar-refractivity contribution in [3.8, 4) is 5.69 Å². The number of hydrogen-bond donors (Lipinski definition) is 1. The van der Waals surface area contributed by atoms with Crippen LogP contribution in [0.3, 0.4) is 0 Å². The van der Waals surface area contributed by atoms with E-state index in [4.69, 9.17) is 0 Å². The molecular weight excluding hydrogens is 226 g/mol. The molecule has 0 aliphatic rings. The van der Waals surface area contributed by atoms with E-state index in [2.05, 4.69) is 36.3 Å². The van der Waals surface area contributed by atoms with Crippen LogP contribution in [0, 0.1) is 6.92 Å². The lowest BCUT2D eigenvalue weighted by Gasteiger charge is -2.06. The summed E-state index contributed by atoms with van der Waals surface area (Å²) in [5.41, 5.74) is 4.20. The Morgan fingerprint density at radius 3 is 2.78 bits per heavy atom. The van der Waals surface area contributed by atoms with Gasteiger partial charge in [-0.3, -0.25) is 0 Å². The van der Waals surface area contributed by atoms with Gasteiger partial charge in [0.05, 0.1) is 18.0 Å². The van der Waals surface area contributed by atoms with E-state index >= 15 is 0 Å². The molecule has 0 saturated heterocycles. The Kier molecular flexibility index (Phi) is 3.77.